The van der Waals surface area contributed by atoms with E-state index >= 15 is 0 Å². The highest BCUT2D eigenvalue weighted by Gasteiger charge is 2.11. The Hall–Kier alpha value is -1.24. The van der Waals surface area contributed by atoms with Crippen LogP contribution in [-0.2, 0) is 0 Å². The fourth-order valence-corrected chi connectivity index (χ4v) is 4.05. The Bertz CT molecular complexity index is 767. The molecule has 0 amide bonds. The molecule has 0 N–H and O–H groups in total. The zero-order chi connectivity index (χ0) is 13.9. The van der Waals surface area contributed by atoms with Gasteiger partial charge in [-0.1, -0.05) is 30.0 Å². The number of hydrogen-bond donors (Lipinski definition) is 0. The number of carbonyl (C=O) groups excluding carboxylic acids is 1. The van der Waals surface area contributed by atoms with Gasteiger partial charge in [-0.05, 0) is 34.1 Å². The number of benzene rings is 1. The standard InChI is InChI=1S/C14H9BrN2OS2/c15-13-6-5-12(20-13)11(18)7-19-14-9-3-1-2-4-10(9)16-8-17-14/h1-6,8H,7H2. The van der Waals surface area contributed by atoms with E-state index in [1.807, 2.05) is 36.4 Å². The molecule has 0 atom stereocenters. The maximum Gasteiger partial charge on any atom is 0.183 e. The summed E-state index contributed by atoms with van der Waals surface area (Å²) in [6.45, 7) is 0. The van der Waals surface area contributed by atoms with Crippen molar-refractivity contribution in [2.24, 2.45) is 0 Å². The van der Waals surface area contributed by atoms with Gasteiger partial charge in [-0.25, -0.2) is 9.97 Å². The Labute approximate surface area is 132 Å². The summed E-state index contributed by atoms with van der Waals surface area (Å²) in [7, 11) is 0. The highest BCUT2D eigenvalue weighted by atomic mass is 79.9. The van der Waals surface area contributed by atoms with E-state index in [-0.39, 0.29) is 5.78 Å². The lowest BCUT2D eigenvalue weighted by Gasteiger charge is -2.03. The molecule has 0 fully saturated rings. The number of Topliss-reactive ketones (excluding diaryl/α,β-unsaturated/α-hetero) is 1. The van der Waals surface area contributed by atoms with Crippen LogP contribution in [0.4, 0.5) is 0 Å². The number of hydrogen-bond acceptors (Lipinski definition) is 5. The van der Waals surface area contributed by atoms with E-state index in [4.69, 9.17) is 0 Å². The number of aromatic nitrogens is 2. The second kappa shape index (κ2) is 6.03. The summed E-state index contributed by atoms with van der Waals surface area (Å²) >= 11 is 6.28. The molecular weight excluding hydrogens is 356 g/mol. The quantitative estimate of drug-likeness (QED) is 0.390. The second-order valence-corrected chi connectivity index (χ2v) is 7.44. The van der Waals surface area contributed by atoms with Crippen LogP contribution in [0.5, 0.6) is 0 Å². The van der Waals surface area contributed by atoms with Gasteiger partial charge in [-0.15, -0.1) is 11.3 Å². The summed E-state index contributed by atoms with van der Waals surface area (Å²) in [4.78, 5) is 21.3. The van der Waals surface area contributed by atoms with Crippen molar-refractivity contribution in [3.05, 3.63) is 51.4 Å². The minimum atomic E-state index is 0.119. The summed E-state index contributed by atoms with van der Waals surface area (Å²) < 4.78 is 0.971. The van der Waals surface area contributed by atoms with Crippen molar-refractivity contribution in [2.45, 2.75) is 5.03 Å². The fraction of sp³-hybridized carbons (Fsp3) is 0.0714. The van der Waals surface area contributed by atoms with E-state index < -0.39 is 0 Å². The molecule has 20 heavy (non-hydrogen) atoms. The molecule has 3 aromatic rings. The van der Waals surface area contributed by atoms with Crippen LogP contribution in [0.2, 0.25) is 0 Å². The van der Waals surface area contributed by atoms with Gasteiger partial charge in [0, 0.05) is 5.39 Å². The SMILES string of the molecule is O=C(CSc1ncnc2ccccc12)c1ccc(Br)s1. The number of ketones is 1. The molecular formula is C14H9BrN2OS2. The molecule has 0 bridgehead atoms. The summed E-state index contributed by atoms with van der Waals surface area (Å²) in [6, 6.07) is 11.5. The highest BCUT2D eigenvalue weighted by Crippen LogP contribution is 2.27. The van der Waals surface area contributed by atoms with E-state index in [1.54, 1.807) is 0 Å². The summed E-state index contributed by atoms with van der Waals surface area (Å²) in [5, 5.41) is 1.83. The van der Waals surface area contributed by atoms with Gasteiger partial charge in [0.05, 0.1) is 19.9 Å². The Morgan fingerprint density at radius 2 is 2.05 bits per heavy atom. The van der Waals surface area contributed by atoms with E-state index in [9.17, 15) is 4.79 Å². The van der Waals surface area contributed by atoms with Crippen molar-refractivity contribution in [1.29, 1.82) is 0 Å². The average molecular weight is 365 g/mol. The monoisotopic (exact) mass is 364 g/mol. The second-order valence-electron chi connectivity index (χ2n) is 4.01. The van der Waals surface area contributed by atoms with Crippen LogP contribution in [0.25, 0.3) is 10.9 Å². The van der Waals surface area contributed by atoms with Crippen LogP contribution >= 0.6 is 39.0 Å². The largest absolute Gasteiger partial charge is 0.292 e. The predicted molar refractivity (Wildman–Crippen MR) is 86.6 cm³/mol. The normalized spacial score (nSPS) is 10.8. The predicted octanol–water partition coefficient (Wildman–Crippen LogP) is 4.43. The number of thioether (sulfide) groups is 1. The van der Waals surface area contributed by atoms with Crippen molar-refractivity contribution in [3.63, 3.8) is 0 Å². The van der Waals surface area contributed by atoms with Crippen molar-refractivity contribution in [3.8, 4) is 0 Å². The first-order chi connectivity index (χ1) is 9.74. The highest BCUT2D eigenvalue weighted by molar-refractivity contribution is 9.11. The van der Waals surface area contributed by atoms with Crippen molar-refractivity contribution in [2.75, 3.05) is 5.75 Å². The van der Waals surface area contributed by atoms with Gasteiger partial charge in [-0.3, -0.25) is 4.79 Å². The molecule has 1 aromatic carbocycles. The first-order valence-electron chi connectivity index (χ1n) is 5.85. The van der Waals surface area contributed by atoms with Crippen LogP contribution < -0.4 is 0 Å². The first kappa shape index (κ1) is 13.7. The average Bonchev–Trinajstić information content (AvgIpc) is 2.91. The number of fused-ring (bicyclic) bond motifs is 1. The third-order valence-electron chi connectivity index (χ3n) is 2.69. The maximum absolute atomic E-state index is 12.1. The van der Waals surface area contributed by atoms with Crippen LogP contribution in [0.15, 0.2) is 51.5 Å². The van der Waals surface area contributed by atoms with Gasteiger partial charge in [0.25, 0.3) is 0 Å². The number of thiophene rings is 1. The molecule has 2 heterocycles. The molecule has 0 spiro atoms. The minimum absolute atomic E-state index is 0.119. The van der Waals surface area contributed by atoms with E-state index in [1.165, 1.54) is 29.4 Å². The van der Waals surface area contributed by atoms with Gasteiger partial charge in [0.2, 0.25) is 0 Å². The molecule has 0 saturated heterocycles. The van der Waals surface area contributed by atoms with Crippen molar-refractivity contribution < 1.29 is 4.79 Å². The fourth-order valence-electron chi connectivity index (χ4n) is 1.76. The zero-order valence-corrected chi connectivity index (χ0v) is 13.5. The lowest BCUT2D eigenvalue weighted by molar-refractivity contribution is 0.102. The smallest absolute Gasteiger partial charge is 0.183 e. The topological polar surface area (TPSA) is 42.9 Å². The number of rotatable bonds is 4. The molecule has 0 aliphatic carbocycles. The van der Waals surface area contributed by atoms with Gasteiger partial charge in [0.1, 0.15) is 11.4 Å². The lowest BCUT2D eigenvalue weighted by Crippen LogP contribution is -2.00. The molecule has 3 rings (SSSR count). The van der Waals surface area contributed by atoms with Gasteiger partial charge in [0.15, 0.2) is 5.78 Å². The molecule has 0 unspecified atom stereocenters. The minimum Gasteiger partial charge on any atom is -0.292 e. The lowest BCUT2D eigenvalue weighted by atomic mass is 10.2. The Morgan fingerprint density at radius 1 is 1.20 bits per heavy atom. The number of para-hydroxylation sites is 1. The number of halogens is 1. The summed E-state index contributed by atoms with van der Waals surface area (Å²) in [5.41, 5.74) is 0.899. The summed E-state index contributed by atoms with van der Waals surface area (Å²) in [5.74, 6) is 0.502. The van der Waals surface area contributed by atoms with Crippen LogP contribution in [0.3, 0.4) is 0 Å². The van der Waals surface area contributed by atoms with Gasteiger partial charge in [-0.2, -0.15) is 0 Å². The van der Waals surface area contributed by atoms with Gasteiger partial charge < -0.3 is 0 Å². The Kier molecular flexibility index (Phi) is 4.14. The van der Waals surface area contributed by atoms with Gasteiger partial charge >= 0.3 is 0 Å². The molecule has 0 aliphatic heterocycles. The Morgan fingerprint density at radius 3 is 2.85 bits per heavy atom. The third kappa shape index (κ3) is 2.92. The van der Waals surface area contributed by atoms with E-state index in [2.05, 4.69) is 25.9 Å². The molecule has 0 saturated carbocycles. The Balaban J connectivity index is 1.79. The van der Waals surface area contributed by atoms with Crippen molar-refractivity contribution in [1.82, 2.24) is 9.97 Å². The molecule has 0 radical (unpaired) electrons. The molecule has 3 nitrogen and oxygen atoms in total. The molecule has 6 heteroatoms. The maximum atomic E-state index is 12.1. The zero-order valence-electron chi connectivity index (χ0n) is 10.2. The first-order valence-corrected chi connectivity index (χ1v) is 8.44. The van der Waals surface area contributed by atoms with E-state index in [0.717, 1.165) is 24.6 Å². The van der Waals surface area contributed by atoms with Crippen LogP contribution in [0, 0.1) is 0 Å². The van der Waals surface area contributed by atoms with Crippen LogP contribution in [-0.4, -0.2) is 21.5 Å². The van der Waals surface area contributed by atoms with Crippen LogP contribution in [0.1, 0.15) is 9.67 Å². The third-order valence-corrected chi connectivity index (χ3v) is 5.36. The molecule has 0 aliphatic rings. The number of carbonyl (C=O) groups is 1. The van der Waals surface area contributed by atoms with Crippen molar-refractivity contribution >= 4 is 55.7 Å². The number of nitrogens with zero attached hydrogens (tertiary/aromatic N) is 2. The van der Waals surface area contributed by atoms with E-state index in [0.29, 0.717) is 5.75 Å². The molecule has 100 valence electrons. The molecule has 2 aromatic heterocycles. The summed E-state index contributed by atoms with van der Waals surface area (Å²) in [6.07, 6.45) is 1.54.